The Balaban J connectivity index is 2.42. The SMILES string of the molecule is CCNc1nc(-c2cc(Br)c(Cl)s2)ncc1Br. The zero-order valence-electron chi connectivity index (χ0n) is 8.80. The van der Waals surface area contributed by atoms with Crippen LogP contribution < -0.4 is 5.32 Å². The van der Waals surface area contributed by atoms with Crippen LogP contribution in [-0.2, 0) is 0 Å². The van der Waals surface area contributed by atoms with Crippen LogP contribution in [0.25, 0.3) is 10.7 Å². The second-order valence-electron chi connectivity index (χ2n) is 3.15. The number of hydrogen-bond acceptors (Lipinski definition) is 4. The van der Waals surface area contributed by atoms with E-state index in [1.165, 1.54) is 11.3 Å². The fraction of sp³-hybridized carbons (Fsp3) is 0.200. The fourth-order valence-electron chi connectivity index (χ4n) is 1.23. The van der Waals surface area contributed by atoms with Gasteiger partial charge in [-0.25, -0.2) is 9.97 Å². The summed E-state index contributed by atoms with van der Waals surface area (Å²) < 4.78 is 2.43. The first-order chi connectivity index (χ1) is 8.11. The molecule has 0 saturated carbocycles. The maximum atomic E-state index is 6.00. The summed E-state index contributed by atoms with van der Waals surface area (Å²) in [6.45, 7) is 2.83. The van der Waals surface area contributed by atoms with Crippen molar-refractivity contribution in [3.05, 3.63) is 25.5 Å². The molecule has 0 atom stereocenters. The lowest BCUT2D eigenvalue weighted by Gasteiger charge is -2.05. The zero-order valence-corrected chi connectivity index (χ0v) is 13.5. The van der Waals surface area contributed by atoms with Crippen LogP contribution in [0.1, 0.15) is 6.92 Å². The molecule has 1 N–H and O–H groups in total. The lowest BCUT2D eigenvalue weighted by atomic mass is 10.4. The molecule has 90 valence electrons. The normalized spacial score (nSPS) is 10.6. The second-order valence-corrected chi connectivity index (χ2v) is 6.52. The highest BCUT2D eigenvalue weighted by Crippen LogP contribution is 2.37. The average molecular weight is 398 g/mol. The number of thiophene rings is 1. The molecule has 2 aromatic heterocycles. The van der Waals surface area contributed by atoms with Gasteiger partial charge in [-0.2, -0.15) is 0 Å². The van der Waals surface area contributed by atoms with E-state index in [9.17, 15) is 0 Å². The molecule has 7 heteroatoms. The Labute approximate surface area is 125 Å². The number of hydrogen-bond donors (Lipinski definition) is 1. The molecule has 0 bridgehead atoms. The van der Waals surface area contributed by atoms with Crippen LogP contribution in [0.4, 0.5) is 5.82 Å². The Morgan fingerprint density at radius 1 is 1.41 bits per heavy atom. The summed E-state index contributed by atoms with van der Waals surface area (Å²) in [5, 5.41) is 3.17. The molecule has 0 spiro atoms. The average Bonchev–Trinajstić information content (AvgIpc) is 2.63. The lowest BCUT2D eigenvalue weighted by molar-refractivity contribution is 1.11. The summed E-state index contributed by atoms with van der Waals surface area (Å²) in [5.41, 5.74) is 0. The van der Waals surface area contributed by atoms with Gasteiger partial charge in [0.05, 0.1) is 9.35 Å². The molecule has 0 fully saturated rings. The van der Waals surface area contributed by atoms with Crippen molar-refractivity contribution in [3.63, 3.8) is 0 Å². The summed E-state index contributed by atoms with van der Waals surface area (Å²) in [5.74, 6) is 1.46. The van der Waals surface area contributed by atoms with Crippen LogP contribution in [-0.4, -0.2) is 16.5 Å². The molecule has 2 heterocycles. The monoisotopic (exact) mass is 395 g/mol. The summed E-state index contributed by atoms with van der Waals surface area (Å²) in [6, 6.07) is 1.92. The predicted molar refractivity (Wildman–Crippen MR) is 79.9 cm³/mol. The molecule has 3 nitrogen and oxygen atoms in total. The van der Waals surface area contributed by atoms with Crippen molar-refractivity contribution < 1.29 is 0 Å². The molecule has 2 rings (SSSR count). The zero-order chi connectivity index (χ0) is 12.4. The Hall–Kier alpha value is -0.170. The minimum absolute atomic E-state index is 0.668. The second kappa shape index (κ2) is 5.65. The van der Waals surface area contributed by atoms with Gasteiger partial charge in [-0.05, 0) is 44.8 Å². The largest absolute Gasteiger partial charge is 0.369 e. The van der Waals surface area contributed by atoms with E-state index in [0.717, 1.165) is 26.2 Å². The highest BCUT2D eigenvalue weighted by atomic mass is 79.9. The minimum atomic E-state index is 0.668. The molecule has 0 aromatic carbocycles. The van der Waals surface area contributed by atoms with Crippen LogP contribution in [0.5, 0.6) is 0 Å². The first-order valence-corrected chi connectivity index (χ1v) is 7.61. The third kappa shape index (κ3) is 2.99. The van der Waals surface area contributed by atoms with E-state index in [1.54, 1.807) is 6.20 Å². The topological polar surface area (TPSA) is 37.8 Å². The van der Waals surface area contributed by atoms with Crippen molar-refractivity contribution >= 4 is 60.6 Å². The van der Waals surface area contributed by atoms with Gasteiger partial charge in [-0.15, -0.1) is 11.3 Å². The third-order valence-corrected chi connectivity index (χ3v) is 5.00. The molecule has 0 aliphatic carbocycles. The van der Waals surface area contributed by atoms with Crippen molar-refractivity contribution in [2.45, 2.75) is 6.92 Å². The van der Waals surface area contributed by atoms with E-state index < -0.39 is 0 Å². The summed E-state index contributed by atoms with van der Waals surface area (Å²) in [4.78, 5) is 9.67. The smallest absolute Gasteiger partial charge is 0.171 e. The van der Waals surface area contributed by atoms with Gasteiger partial charge >= 0.3 is 0 Å². The van der Waals surface area contributed by atoms with Gasteiger partial charge < -0.3 is 5.32 Å². The highest BCUT2D eigenvalue weighted by Gasteiger charge is 2.11. The van der Waals surface area contributed by atoms with E-state index in [0.29, 0.717) is 10.2 Å². The van der Waals surface area contributed by atoms with E-state index >= 15 is 0 Å². The third-order valence-electron chi connectivity index (χ3n) is 1.95. The lowest BCUT2D eigenvalue weighted by Crippen LogP contribution is -2.01. The molecule has 0 amide bonds. The first kappa shape index (κ1) is 13.3. The van der Waals surface area contributed by atoms with Gasteiger partial charge in [0.15, 0.2) is 5.82 Å². The maximum Gasteiger partial charge on any atom is 0.171 e. The van der Waals surface area contributed by atoms with Crippen LogP contribution in [0.2, 0.25) is 4.34 Å². The van der Waals surface area contributed by atoms with Gasteiger partial charge in [0.25, 0.3) is 0 Å². The minimum Gasteiger partial charge on any atom is -0.369 e. The Kier molecular flexibility index (Phi) is 4.41. The van der Waals surface area contributed by atoms with Crippen molar-refractivity contribution in [3.8, 4) is 10.7 Å². The van der Waals surface area contributed by atoms with Gasteiger partial charge in [0.2, 0.25) is 0 Å². The Morgan fingerprint density at radius 3 is 2.76 bits per heavy atom. The number of halogens is 3. The predicted octanol–water partition coefficient (Wildman–Crippen LogP) is 4.82. The summed E-state index contributed by atoms with van der Waals surface area (Å²) in [6.07, 6.45) is 1.74. The number of nitrogens with one attached hydrogen (secondary N) is 1. The van der Waals surface area contributed by atoms with E-state index in [2.05, 4.69) is 47.1 Å². The summed E-state index contributed by atoms with van der Waals surface area (Å²) in [7, 11) is 0. The van der Waals surface area contributed by atoms with Gasteiger partial charge in [0, 0.05) is 17.2 Å². The van der Waals surface area contributed by atoms with Gasteiger partial charge in [-0.1, -0.05) is 11.6 Å². The number of aromatic nitrogens is 2. The molecule has 0 aliphatic rings. The molecular weight excluding hydrogens is 389 g/mol. The maximum absolute atomic E-state index is 6.00. The molecule has 0 aliphatic heterocycles. The molecule has 2 aromatic rings. The van der Waals surface area contributed by atoms with E-state index in [4.69, 9.17) is 11.6 Å². The Bertz CT molecular complexity index is 525. The van der Waals surface area contributed by atoms with Gasteiger partial charge in [-0.3, -0.25) is 0 Å². The van der Waals surface area contributed by atoms with Crippen LogP contribution >= 0.6 is 54.8 Å². The van der Waals surface area contributed by atoms with Crippen molar-refractivity contribution in [1.82, 2.24) is 9.97 Å². The number of rotatable bonds is 3. The molecular formula is C10H8Br2ClN3S. The fourth-order valence-corrected chi connectivity index (χ4v) is 3.21. The van der Waals surface area contributed by atoms with Crippen LogP contribution in [0.15, 0.2) is 21.2 Å². The van der Waals surface area contributed by atoms with Crippen molar-refractivity contribution in [2.75, 3.05) is 11.9 Å². The molecule has 0 unspecified atom stereocenters. The quantitative estimate of drug-likeness (QED) is 0.807. The molecule has 0 radical (unpaired) electrons. The Morgan fingerprint density at radius 2 is 2.18 bits per heavy atom. The van der Waals surface area contributed by atoms with Crippen molar-refractivity contribution in [1.29, 1.82) is 0 Å². The number of nitrogens with zero attached hydrogens (tertiary/aromatic N) is 2. The first-order valence-electron chi connectivity index (χ1n) is 4.83. The van der Waals surface area contributed by atoms with E-state index in [-0.39, 0.29) is 0 Å². The molecule has 0 saturated heterocycles. The standard InChI is InChI=1S/C10H8Br2ClN3S/c1-2-14-9-6(12)4-15-10(16-9)7-3-5(11)8(13)17-7/h3-4H,2H2,1H3,(H,14,15,16). The number of anilines is 1. The van der Waals surface area contributed by atoms with Crippen molar-refractivity contribution in [2.24, 2.45) is 0 Å². The van der Waals surface area contributed by atoms with Gasteiger partial charge in [0.1, 0.15) is 10.2 Å². The summed E-state index contributed by atoms with van der Waals surface area (Å²) >= 11 is 14.2. The molecule has 17 heavy (non-hydrogen) atoms. The van der Waals surface area contributed by atoms with E-state index in [1.807, 2.05) is 13.0 Å². The highest BCUT2D eigenvalue weighted by molar-refractivity contribution is 9.11. The van der Waals surface area contributed by atoms with Crippen LogP contribution in [0.3, 0.4) is 0 Å². The van der Waals surface area contributed by atoms with Crippen LogP contribution in [0, 0.1) is 0 Å².